The molecule has 27 heavy (non-hydrogen) atoms. The Morgan fingerprint density at radius 2 is 2.22 bits per heavy atom. The van der Waals surface area contributed by atoms with E-state index in [0.717, 1.165) is 33.8 Å². The van der Waals surface area contributed by atoms with Crippen LogP contribution >= 0.6 is 11.3 Å². The van der Waals surface area contributed by atoms with Crippen molar-refractivity contribution in [2.24, 2.45) is 0 Å². The molecule has 4 rings (SSSR count). The third-order valence-electron chi connectivity index (χ3n) is 4.25. The van der Waals surface area contributed by atoms with Crippen molar-refractivity contribution < 1.29 is 14.1 Å². The molecule has 0 saturated heterocycles. The van der Waals surface area contributed by atoms with Gasteiger partial charge in [-0.25, -0.2) is 4.98 Å². The van der Waals surface area contributed by atoms with Crippen molar-refractivity contribution in [1.29, 1.82) is 0 Å². The Morgan fingerprint density at radius 3 is 3.00 bits per heavy atom. The van der Waals surface area contributed by atoms with Gasteiger partial charge >= 0.3 is 0 Å². The predicted octanol–water partition coefficient (Wildman–Crippen LogP) is 3.56. The molecule has 8 heteroatoms. The van der Waals surface area contributed by atoms with Gasteiger partial charge in [-0.2, -0.15) is 0 Å². The van der Waals surface area contributed by atoms with Crippen molar-refractivity contribution in [2.45, 2.75) is 20.3 Å². The Hall–Kier alpha value is -3.26. The van der Waals surface area contributed by atoms with Crippen LogP contribution in [0.2, 0.25) is 0 Å². The summed E-state index contributed by atoms with van der Waals surface area (Å²) in [5.41, 5.74) is 5.00. The Bertz CT molecular complexity index is 1060. The lowest BCUT2D eigenvalue weighted by atomic mass is 10.1. The highest BCUT2D eigenvalue weighted by Gasteiger charge is 2.18. The number of hydrogen-bond acceptors (Lipinski definition) is 6. The van der Waals surface area contributed by atoms with Crippen molar-refractivity contribution in [3.05, 3.63) is 52.2 Å². The third-order valence-corrected chi connectivity index (χ3v) is 5.01. The number of hydrogen-bond donors (Lipinski definition) is 2. The van der Waals surface area contributed by atoms with E-state index >= 15 is 0 Å². The van der Waals surface area contributed by atoms with Crippen molar-refractivity contribution in [1.82, 2.24) is 10.1 Å². The zero-order chi connectivity index (χ0) is 19.0. The van der Waals surface area contributed by atoms with E-state index in [4.69, 9.17) is 4.52 Å². The second-order valence-corrected chi connectivity index (χ2v) is 7.05. The monoisotopic (exact) mass is 380 g/mol. The molecular formula is C19H16N4O3S. The van der Waals surface area contributed by atoms with E-state index < -0.39 is 0 Å². The predicted molar refractivity (Wildman–Crippen MR) is 104 cm³/mol. The molecular weight excluding hydrogens is 364 g/mol. The van der Waals surface area contributed by atoms with E-state index in [9.17, 15) is 9.59 Å². The zero-order valence-corrected chi connectivity index (χ0v) is 15.5. The number of carbonyl (C=O) groups excluding carboxylic acids is 2. The Balaban J connectivity index is 1.46. The van der Waals surface area contributed by atoms with Gasteiger partial charge in [0.2, 0.25) is 11.8 Å². The summed E-state index contributed by atoms with van der Waals surface area (Å²) >= 11 is 1.35. The summed E-state index contributed by atoms with van der Waals surface area (Å²) in [7, 11) is 0. The van der Waals surface area contributed by atoms with Crippen LogP contribution in [0.15, 0.2) is 34.2 Å². The summed E-state index contributed by atoms with van der Waals surface area (Å²) in [6, 6.07) is 5.73. The van der Waals surface area contributed by atoms with Crippen LogP contribution in [-0.4, -0.2) is 22.0 Å². The lowest BCUT2D eigenvalue weighted by Gasteiger charge is -2.01. The summed E-state index contributed by atoms with van der Waals surface area (Å²) in [4.78, 5) is 28.1. The molecule has 0 bridgehead atoms. The number of aromatic nitrogens is 2. The molecule has 3 heterocycles. The van der Waals surface area contributed by atoms with E-state index in [-0.39, 0.29) is 11.8 Å². The Morgan fingerprint density at radius 1 is 1.37 bits per heavy atom. The molecule has 1 aliphatic heterocycles. The van der Waals surface area contributed by atoms with Crippen molar-refractivity contribution in [3.8, 4) is 11.3 Å². The summed E-state index contributed by atoms with van der Waals surface area (Å²) in [5, 5.41) is 11.8. The summed E-state index contributed by atoms with van der Waals surface area (Å²) < 4.78 is 5.07. The zero-order valence-electron chi connectivity index (χ0n) is 14.7. The molecule has 2 N–H and O–H groups in total. The van der Waals surface area contributed by atoms with E-state index in [1.165, 1.54) is 17.4 Å². The molecule has 0 saturated carbocycles. The van der Waals surface area contributed by atoms with Crippen LogP contribution in [0.4, 0.5) is 10.8 Å². The van der Waals surface area contributed by atoms with Crippen LogP contribution in [0.1, 0.15) is 22.6 Å². The number of nitrogens with one attached hydrogen (secondary N) is 2. The van der Waals surface area contributed by atoms with E-state index in [1.807, 2.05) is 30.5 Å². The number of thiazole rings is 1. The van der Waals surface area contributed by atoms with Crippen LogP contribution in [0, 0.1) is 13.8 Å². The molecule has 136 valence electrons. The third kappa shape index (κ3) is 3.52. The van der Waals surface area contributed by atoms with Crippen LogP contribution in [-0.2, 0) is 16.0 Å². The fraction of sp³-hybridized carbons (Fsp3) is 0.158. The number of aryl methyl sites for hydroxylation is 2. The normalized spacial score (nSPS) is 13.0. The van der Waals surface area contributed by atoms with Gasteiger partial charge < -0.3 is 9.84 Å². The van der Waals surface area contributed by atoms with Gasteiger partial charge in [0.15, 0.2) is 5.13 Å². The lowest BCUT2D eigenvalue weighted by Crippen LogP contribution is -2.07. The smallest absolute Gasteiger partial charge is 0.250 e. The first-order chi connectivity index (χ1) is 13.0. The minimum atomic E-state index is -0.278. The Labute approximate surface area is 159 Å². The summed E-state index contributed by atoms with van der Waals surface area (Å²) in [5.74, 6) is 0.385. The van der Waals surface area contributed by atoms with Gasteiger partial charge in [0.05, 0.1) is 17.8 Å². The standard InChI is InChI=1S/C19H16N4O3S/c1-10-14(11(2)26-23-10)4-6-17(24)22-19-21-16(9-27-19)12-3-5-15-13(7-12)8-18(25)20-15/h3-7,9H,8H2,1-2H3,(H,20,25)(H,21,22,24)/b6-4+. The lowest BCUT2D eigenvalue weighted by molar-refractivity contribution is -0.115. The van der Waals surface area contributed by atoms with Gasteiger partial charge in [0.25, 0.3) is 0 Å². The first-order valence-electron chi connectivity index (χ1n) is 8.30. The van der Waals surface area contributed by atoms with Gasteiger partial charge in [0, 0.05) is 28.3 Å². The van der Waals surface area contributed by atoms with Gasteiger partial charge in [-0.1, -0.05) is 11.2 Å². The second kappa shape index (κ2) is 6.81. The molecule has 1 aliphatic rings. The number of anilines is 2. The fourth-order valence-corrected chi connectivity index (χ4v) is 3.61. The SMILES string of the molecule is Cc1noc(C)c1/C=C/C(=O)Nc1nc(-c2ccc3c(c2)CC(=O)N3)cs1. The van der Waals surface area contributed by atoms with Gasteiger partial charge in [-0.15, -0.1) is 11.3 Å². The maximum atomic E-state index is 12.1. The number of amides is 2. The molecule has 7 nitrogen and oxygen atoms in total. The molecule has 0 spiro atoms. The average molecular weight is 380 g/mol. The summed E-state index contributed by atoms with van der Waals surface area (Å²) in [6.45, 7) is 3.62. The quantitative estimate of drug-likeness (QED) is 0.675. The fourth-order valence-electron chi connectivity index (χ4n) is 2.89. The van der Waals surface area contributed by atoms with Crippen LogP contribution in [0.25, 0.3) is 17.3 Å². The molecule has 0 atom stereocenters. The highest BCUT2D eigenvalue weighted by atomic mass is 32.1. The average Bonchev–Trinajstić information content (AvgIpc) is 3.32. The molecule has 2 aromatic heterocycles. The number of carbonyl (C=O) groups is 2. The van der Waals surface area contributed by atoms with Crippen LogP contribution in [0.3, 0.4) is 0 Å². The van der Waals surface area contributed by atoms with Crippen molar-refractivity contribution in [2.75, 3.05) is 10.6 Å². The largest absolute Gasteiger partial charge is 0.361 e. The minimum Gasteiger partial charge on any atom is -0.361 e. The molecule has 0 radical (unpaired) electrons. The van der Waals surface area contributed by atoms with E-state index in [0.29, 0.717) is 17.3 Å². The molecule has 3 aromatic rings. The molecule has 1 aromatic carbocycles. The van der Waals surface area contributed by atoms with Crippen LogP contribution in [0.5, 0.6) is 0 Å². The van der Waals surface area contributed by atoms with Gasteiger partial charge in [0.1, 0.15) is 5.76 Å². The number of nitrogens with zero attached hydrogens (tertiary/aromatic N) is 2. The molecule has 0 unspecified atom stereocenters. The minimum absolute atomic E-state index is 0.00142. The maximum Gasteiger partial charge on any atom is 0.250 e. The number of fused-ring (bicyclic) bond motifs is 1. The second-order valence-electron chi connectivity index (χ2n) is 6.20. The Kier molecular flexibility index (Phi) is 4.33. The number of benzene rings is 1. The van der Waals surface area contributed by atoms with Gasteiger partial charge in [-0.3, -0.25) is 14.9 Å². The highest BCUT2D eigenvalue weighted by molar-refractivity contribution is 7.14. The van der Waals surface area contributed by atoms with Crippen molar-refractivity contribution >= 4 is 40.0 Å². The maximum absolute atomic E-state index is 12.1. The van der Waals surface area contributed by atoms with E-state index in [1.54, 1.807) is 13.0 Å². The molecule has 0 fully saturated rings. The highest BCUT2D eigenvalue weighted by Crippen LogP contribution is 2.30. The molecule has 0 aliphatic carbocycles. The topological polar surface area (TPSA) is 97.1 Å². The molecule has 2 amide bonds. The van der Waals surface area contributed by atoms with E-state index in [2.05, 4.69) is 20.8 Å². The number of rotatable bonds is 4. The first-order valence-corrected chi connectivity index (χ1v) is 9.18. The van der Waals surface area contributed by atoms with Gasteiger partial charge in [-0.05, 0) is 37.6 Å². The van der Waals surface area contributed by atoms with Crippen LogP contribution < -0.4 is 10.6 Å². The van der Waals surface area contributed by atoms with Crippen molar-refractivity contribution in [3.63, 3.8) is 0 Å². The first kappa shape index (κ1) is 17.2. The summed E-state index contributed by atoms with van der Waals surface area (Å²) in [6.07, 6.45) is 3.49.